The predicted molar refractivity (Wildman–Crippen MR) is 107 cm³/mol. The number of carbonyl (C=O) groups is 1. The van der Waals surface area contributed by atoms with Gasteiger partial charge in [-0.1, -0.05) is 31.2 Å². The predicted octanol–water partition coefficient (Wildman–Crippen LogP) is 3.87. The van der Waals surface area contributed by atoms with E-state index in [9.17, 15) is 4.79 Å². The van der Waals surface area contributed by atoms with E-state index >= 15 is 0 Å². The van der Waals surface area contributed by atoms with Crippen LogP contribution < -0.4 is 10.1 Å². The number of ether oxygens (including phenoxy) is 2. The van der Waals surface area contributed by atoms with Gasteiger partial charge in [-0.3, -0.25) is 9.69 Å². The molecule has 0 unspecified atom stereocenters. The zero-order valence-electron chi connectivity index (χ0n) is 16.3. The third-order valence-corrected chi connectivity index (χ3v) is 5.12. The summed E-state index contributed by atoms with van der Waals surface area (Å²) in [4.78, 5) is 15.1. The molecule has 1 aliphatic rings. The van der Waals surface area contributed by atoms with Crippen LogP contribution in [0.1, 0.15) is 34.8 Å². The number of nitrogens with one attached hydrogen (secondary N) is 1. The minimum absolute atomic E-state index is 0.132. The van der Waals surface area contributed by atoms with E-state index in [2.05, 4.69) is 17.1 Å². The molecule has 0 saturated carbocycles. The lowest BCUT2D eigenvalue weighted by molar-refractivity contribution is -0.0127. The molecule has 0 aliphatic carbocycles. The minimum atomic E-state index is -0.132. The molecule has 2 aromatic carbocycles. The maximum absolute atomic E-state index is 12.6. The highest BCUT2D eigenvalue weighted by Crippen LogP contribution is 2.28. The van der Waals surface area contributed by atoms with Gasteiger partial charge in [0.2, 0.25) is 0 Å². The number of hydrogen-bond donors (Lipinski definition) is 1. The van der Waals surface area contributed by atoms with E-state index in [0.717, 1.165) is 38.3 Å². The molecule has 2 aromatic rings. The molecule has 1 fully saturated rings. The summed E-state index contributed by atoms with van der Waals surface area (Å²) in [6.07, 6.45) is 1.08. The van der Waals surface area contributed by atoms with Crippen LogP contribution in [-0.2, 0) is 11.3 Å². The summed E-state index contributed by atoms with van der Waals surface area (Å²) >= 11 is 0. The molecule has 1 aliphatic heterocycles. The zero-order valence-corrected chi connectivity index (χ0v) is 16.3. The summed E-state index contributed by atoms with van der Waals surface area (Å²) < 4.78 is 10.9. The molecular formula is C22H28N2O3. The largest absolute Gasteiger partial charge is 0.495 e. The topological polar surface area (TPSA) is 50.8 Å². The lowest BCUT2D eigenvalue weighted by Crippen LogP contribution is -2.44. The second-order valence-corrected chi connectivity index (χ2v) is 6.91. The molecule has 0 bridgehead atoms. The number of amides is 1. The van der Waals surface area contributed by atoms with Gasteiger partial charge in [0.1, 0.15) is 5.75 Å². The van der Waals surface area contributed by atoms with Gasteiger partial charge >= 0.3 is 0 Å². The number of morpholine rings is 1. The van der Waals surface area contributed by atoms with Crippen LogP contribution in [0.3, 0.4) is 0 Å². The number of rotatable bonds is 6. The number of anilines is 1. The van der Waals surface area contributed by atoms with E-state index in [0.29, 0.717) is 23.0 Å². The molecule has 0 aromatic heterocycles. The molecular weight excluding hydrogens is 340 g/mol. The van der Waals surface area contributed by atoms with E-state index in [-0.39, 0.29) is 5.91 Å². The van der Waals surface area contributed by atoms with E-state index in [4.69, 9.17) is 9.47 Å². The summed E-state index contributed by atoms with van der Waals surface area (Å²) in [5.74, 6) is 0.532. The second-order valence-electron chi connectivity index (χ2n) is 6.91. The lowest BCUT2D eigenvalue weighted by Gasteiger charge is -2.35. The quantitative estimate of drug-likeness (QED) is 0.841. The normalized spacial score (nSPS) is 17.5. The highest BCUT2D eigenvalue weighted by Gasteiger charge is 2.21. The minimum Gasteiger partial charge on any atom is -0.495 e. The van der Waals surface area contributed by atoms with Gasteiger partial charge in [0.15, 0.2) is 0 Å². The number of aryl methyl sites for hydroxylation is 1. The number of benzene rings is 2. The first kappa shape index (κ1) is 19.4. The molecule has 1 atom stereocenters. The Morgan fingerprint density at radius 3 is 2.74 bits per heavy atom. The van der Waals surface area contributed by atoms with Crippen molar-refractivity contribution >= 4 is 11.6 Å². The highest BCUT2D eigenvalue weighted by molar-refractivity contribution is 6.05. The Morgan fingerprint density at radius 1 is 1.26 bits per heavy atom. The fourth-order valence-electron chi connectivity index (χ4n) is 3.43. The van der Waals surface area contributed by atoms with Gasteiger partial charge in [-0.05, 0) is 42.7 Å². The molecule has 0 spiro atoms. The molecule has 3 rings (SSSR count). The van der Waals surface area contributed by atoms with Crippen molar-refractivity contribution in [2.45, 2.75) is 32.9 Å². The van der Waals surface area contributed by atoms with Crippen molar-refractivity contribution < 1.29 is 14.3 Å². The molecule has 1 N–H and O–H groups in total. The SMILES string of the molecule is CC[C@H]1COCCN1Cc1ccc(C(=O)Nc2c(C)cccc2OC)cc1. The number of hydrogen-bond acceptors (Lipinski definition) is 4. The highest BCUT2D eigenvalue weighted by atomic mass is 16.5. The Kier molecular flexibility index (Phi) is 6.48. The van der Waals surface area contributed by atoms with Crippen molar-refractivity contribution in [2.24, 2.45) is 0 Å². The maximum atomic E-state index is 12.6. The van der Waals surface area contributed by atoms with E-state index in [1.807, 2.05) is 49.4 Å². The van der Waals surface area contributed by atoms with Crippen LogP contribution >= 0.6 is 0 Å². The molecule has 5 nitrogen and oxygen atoms in total. The lowest BCUT2D eigenvalue weighted by atomic mass is 10.1. The van der Waals surface area contributed by atoms with Gasteiger partial charge in [0, 0.05) is 24.7 Å². The van der Waals surface area contributed by atoms with E-state index in [1.165, 1.54) is 5.56 Å². The standard InChI is InChI=1S/C22H28N2O3/c1-4-19-15-27-13-12-24(19)14-17-8-10-18(11-9-17)22(25)23-21-16(2)6-5-7-20(21)26-3/h5-11,19H,4,12-15H2,1-3H3,(H,23,25)/t19-/m0/s1. The number of para-hydroxylation sites is 1. The van der Waals surface area contributed by atoms with Crippen molar-refractivity contribution in [3.8, 4) is 5.75 Å². The third kappa shape index (κ3) is 4.67. The Balaban J connectivity index is 1.67. The van der Waals surface area contributed by atoms with Crippen LogP contribution in [0.25, 0.3) is 0 Å². The Hall–Kier alpha value is -2.37. The van der Waals surface area contributed by atoms with Gasteiger partial charge in [-0.2, -0.15) is 0 Å². The molecule has 1 amide bonds. The fraction of sp³-hybridized carbons (Fsp3) is 0.409. The average molecular weight is 368 g/mol. The van der Waals surface area contributed by atoms with E-state index < -0.39 is 0 Å². The van der Waals surface area contributed by atoms with Crippen LogP contribution in [0.5, 0.6) is 5.75 Å². The van der Waals surface area contributed by atoms with Crippen LogP contribution in [0, 0.1) is 6.92 Å². The summed E-state index contributed by atoms with van der Waals surface area (Å²) in [6.45, 7) is 7.57. The average Bonchev–Trinajstić information content (AvgIpc) is 2.70. The van der Waals surface area contributed by atoms with Crippen molar-refractivity contribution in [1.29, 1.82) is 0 Å². The molecule has 1 heterocycles. The van der Waals surface area contributed by atoms with Gasteiger partial charge in [-0.25, -0.2) is 0 Å². The Morgan fingerprint density at radius 2 is 2.04 bits per heavy atom. The Bertz CT molecular complexity index is 774. The summed E-state index contributed by atoms with van der Waals surface area (Å²) in [6, 6.07) is 14.0. The number of carbonyl (C=O) groups excluding carboxylic acids is 1. The Labute approximate surface area is 161 Å². The summed E-state index contributed by atoms with van der Waals surface area (Å²) in [7, 11) is 1.61. The van der Waals surface area contributed by atoms with Crippen molar-refractivity contribution in [3.63, 3.8) is 0 Å². The molecule has 27 heavy (non-hydrogen) atoms. The molecule has 1 saturated heterocycles. The third-order valence-electron chi connectivity index (χ3n) is 5.12. The van der Waals surface area contributed by atoms with Crippen molar-refractivity contribution in [1.82, 2.24) is 4.90 Å². The van der Waals surface area contributed by atoms with Crippen LogP contribution in [-0.4, -0.2) is 43.7 Å². The van der Waals surface area contributed by atoms with Crippen LogP contribution in [0.2, 0.25) is 0 Å². The monoisotopic (exact) mass is 368 g/mol. The number of methoxy groups -OCH3 is 1. The second kappa shape index (κ2) is 9.02. The van der Waals surface area contributed by atoms with Gasteiger partial charge in [0.25, 0.3) is 5.91 Å². The molecule has 5 heteroatoms. The van der Waals surface area contributed by atoms with Gasteiger partial charge in [-0.15, -0.1) is 0 Å². The van der Waals surface area contributed by atoms with Gasteiger partial charge < -0.3 is 14.8 Å². The maximum Gasteiger partial charge on any atom is 0.255 e. The van der Waals surface area contributed by atoms with Crippen molar-refractivity contribution in [3.05, 3.63) is 59.2 Å². The summed E-state index contributed by atoms with van der Waals surface area (Å²) in [5.41, 5.74) is 3.53. The smallest absolute Gasteiger partial charge is 0.255 e. The van der Waals surface area contributed by atoms with Gasteiger partial charge in [0.05, 0.1) is 26.0 Å². The molecule has 0 radical (unpaired) electrons. The van der Waals surface area contributed by atoms with Crippen LogP contribution in [0.15, 0.2) is 42.5 Å². The number of nitrogens with zero attached hydrogens (tertiary/aromatic N) is 1. The van der Waals surface area contributed by atoms with Crippen LogP contribution in [0.4, 0.5) is 5.69 Å². The summed E-state index contributed by atoms with van der Waals surface area (Å²) in [5, 5.41) is 2.97. The molecule has 144 valence electrons. The first-order chi connectivity index (χ1) is 13.1. The van der Waals surface area contributed by atoms with Crippen molar-refractivity contribution in [2.75, 3.05) is 32.2 Å². The zero-order chi connectivity index (χ0) is 19.2. The first-order valence-electron chi connectivity index (χ1n) is 9.48. The first-order valence-corrected chi connectivity index (χ1v) is 9.48. The van der Waals surface area contributed by atoms with E-state index in [1.54, 1.807) is 7.11 Å². The fourth-order valence-corrected chi connectivity index (χ4v) is 3.43.